The Morgan fingerprint density at radius 2 is 2.03 bits per heavy atom. The highest BCUT2D eigenvalue weighted by Gasteiger charge is 2.36. The topological polar surface area (TPSA) is 86.1 Å². The van der Waals surface area contributed by atoms with Crippen LogP contribution in [0.25, 0.3) is 11.3 Å². The van der Waals surface area contributed by atoms with Crippen LogP contribution >= 0.6 is 0 Å². The Morgan fingerprint density at radius 1 is 1.19 bits per heavy atom. The van der Waals surface area contributed by atoms with Crippen LogP contribution in [0, 0.1) is 0 Å². The second-order valence-corrected chi connectivity index (χ2v) is 8.33. The zero-order chi connectivity index (χ0) is 21.4. The number of hydrogen-bond donors (Lipinski definition) is 1. The summed E-state index contributed by atoms with van der Waals surface area (Å²) in [6.45, 7) is 3.13. The van der Waals surface area contributed by atoms with Gasteiger partial charge in [-0.3, -0.25) is 19.1 Å². The minimum atomic E-state index is -0.781. The van der Waals surface area contributed by atoms with Gasteiger partial charge in [-0.15, -0.1) is 0 Å². The number of fused-ring (bicyclic) bond motifs is 2. The first-order valence-corrected chi connectivity index (χ1v) is 10.7. The van der Waals surface area contributed by atoms with Crippen LogP contribution in [0.4, 0.5) is 0 Å². The Labute approximate surface area is 180 Å². The zero-order valence-electron chi connectivity index (χ0n) is 17.4. The average Bonchev–Trinajstić information content (AvgIpc) is 3.20. The van der Waals surface area contributed by atoms with E-state index < -0.39 is 5.54 Å². The van der Waals surface area contributed by atoms with Crippen molar-refractivity contribution in [1.82, 2.24) is 19.9 Å². The van der Waals surface area contributed by atoms with Gasteiger partial charge in [0.2, 0.25) is 0 Å². The van der Waals surface area contributed by atoms with Crippen molar-refractivity contribution >= 4 is 5.91 Å². The lowest BCUT2D eigenvalue weighted by molar-refractivity contribution is 0.0890. The molecule has 158 valence electrons. The van der Waals surface area contributed by atoms with Crippen LogP contribution in [0.15, 0.2) is 53.6 Å². The van der Waals surface area contributed by atoms with E-state index >= 15 is 0 Å². The van der Waals surface area contributed by atoms with E-state index in [0.29, 0.717) is 42.4 Å². The fraction of sp³-hybridized carbons (Fsp3) is 0.333. The monoisotopic (exact) mass is 416 g/mol. The smallest absolute Gasteiger partial charge is 0.255 e. The number of nitrogens with one attached hydrogen (secondary N) is 1. The second kappa shape index (κ2) is 7.65. The molecular formula is C24H24N4O3. The predicted octanol–water partition coefficient (Wildman–Crippen LogP) is 3.07. The lowest BCUT2D eigenvalue weighted by Crippen LogP contribution is -2.47. The van der Waals surface area contributed by atoms with Gasteiger partial charge in [0.25, 0.3) is 11.5 Å². The van der Waals surface area contributed by atoms with Crippen LogP contribution in [0.2, 0.25) is 0 Å². The summed E-state index contributed by atoms with van der Waals surface area (Å²) in [5, 5.41) is 3.19. The molecule has 0 radical (unpaired) electrons. The van der Waals surface area contributed by atoms with Crippen LogP contribution in [0.5, 0.6) is 5.75 Å². The third kappa shape index (κ3) is 3.50. The largest absolute Gasteiger partial charge is 0.492 e. The number of aromatic nitrogens is 3. The highest BCUT2D eigenvalue weighted by Crippen LogP contribution is 2.33. The van der Waals surface area contributed by atoms with E-state index in [1.54, 1.807) is 29.1 Å². The van der Waals surface area contributed by atoms with Crippen molar-refractivity contribution in [3.63, 3.8) is 0 Å². The van der Waals surface area contributed by atoms with Gasteiger partial charge in [0.05, 0.1) is 23.4 Å². The number of nitrogens with zero attached hydrogens (tertiary/aromatic N) is 3. The fourth-order valence-corrected chi connectivity index (χ4v) is 4.50. The number of para-hydroxylation sites is 1. The molecule has 0 saturated carbocycles. The van der Waals surface area contributed by atoms with Gasteiger partial charge < -0.3 is 10.1 Å². The fourth-order valence-electron chi connectivity index (χ4n) is 4.50. The number of ether oxygens (including phenoxy) is 1. The van der Waals surface area contributed by atoms with E-state index in [1.165, 1.54) is 0 Å². The number of carbonyl (C=O) groups is 1. The summed E-state index contributed by atoms with van der Waals surface area (Å²) in [4.78, 5) is 35.2. The molecule has 2 aromatic heterocycles. The van der Waals surface area contributed by atoms with Gasteiger partial charge in [-0.25, -0.2) is 4.98 Å². The van der Waals surface area contributed by atoms with Gasteiger partial charge in [-0.1, -0.05) is 12.1 Å². The van der Waals surface area contributed by atoms with Gasteiger partial charge >= 0.3 is 0 Å². The first-order chi connectivity index (χ1) is 15.0. The molecule has 3 aromatic rings. The van der Waals surface area contributed by atoms with E-state index in [1.807, 2.05) is 31.2 Å². The predicted molar refractivity (Wildman–Crippen MR) is 116 cm³/mol. The lowest BCUT2D eigenvalue weighted by atomic mass is 9.93. The summed E-state index contributed by atoms with van der Waals surface area (Å²) in [6, 6.07) is 10.9. The van der Waals surface area contributed by atoms with Crippen molar-refractivity contribution in [2.24, 2.45) is 0 Å². The highest BCUT2D eigenvalue weighted by molar-refractivity contribution is 5.98. The van der Waals surface area contributed by atoms with Gasteiger partial charge in [-0.05, 0) is 49.9 Å². The zero-order valence-corrected chi connectivity index (χ0v) is 17.4. The standard InChI is InChI=1S/C24H24N4O3/c1-24(27-22(30)18-6-4-5-17-9-14-31-21(17)18)10-2-3-13-28-20(29)15-19(26-23(24)28)16-7-11-25-12-8-16/h4-8,11-12,15H,2-3,9-10,13-14H2,1H3,(H,27,30). The van der Waals surface area contributed by atoms with E-state index in [0.717, 1.165) is 30.4 Å². The number of hydrogen-bond acceptors (Lipinski definition) is 5. The van der Waals surface area contributed by atoms with Crippen molar-refractivity contribution in [2.45, 2.75) is 44.7 Å². The SMILES string of the molecule is CC1(NC(=O)c2cccc3c2OCC3)CCCCn2c1nc(-c1ccncc1)cc2=O. The van der Waals surface area contributed by atoms with Crippen molar-refractivity contribution in [3.05, 3.63) is 76.1 Å². The number of pyridine rings is 1. The van der Waals surface area contributed by atoms with Crippen molar-refractivity contribution < 1.29 is 9.53 Å². The number of carbonyl (C=O) groups excluding carboxylic acids is 1. The molecule has 31 heavy (non-hydrogen) atoms. The van der Waals surface area contributed by atoms with Crippen molar-refractivity contribution in [2.75, 3.05) is 6.61 Å². The average molecular weight is 416 g/mol. The molecule has 0 aliphatic carbocycles. The molecule has 1 aromatic carbocycles. The molecule has 0 spiro atoms. The summed E-state index contributed by atoms with van der Waals surface area (Å²) in [6.07, 6.45) is 6.60. The normalized spacial score (nSPS) is 19.6. The third-order valence-electron chi connectivity index (χ3n) is 6.13. The van der Waals surface area contributed by atoms with E-state index in [9.17, 15) is 9.59 Å². The van der Waals surface area contributed by atoms with E-state index in [4.69, 9.17) is 9.72 Å². The Hall–Kier alpha value is -3.48. The van der Waals surface area contributed by atoms with Crippen LogP contribution in [-0.4, -0.2) is 27.0 Å². The molecule has 2 aliphatic rings. The van der Waals surface area contributed by atoms with Gasteiger partial charge in [0.1, 0.15) is 11.6 Å². The molecule has 1 unspecified atom stereocenters. The first-order valence-electron chi connectivity index (χ1n) is 10.7. The van der Waals surface area contributed by atoms with Gasteiger partial charge in [0.15, 0.2) is 0 Å². The Bertz CT molecular complexity index is 1210. The quantitative estimate of drug-likeness (QED) is 0.709. The minimum absolute atomic E-state index is 0.108. The summed E-state index contributed by atoms with van der Waals surface area (Å²) in [5.41, 5.74) is 2.10. The molecule has 0 bridgehead atoms. The maximum Gasteiger partial charge on any atom is 0.255 e. The Balaban J connectivity index is 1.57. The van der Waals surface area contributed by atoms with E-state index in [2.05, 4.69) is 10.3 Å². The van der Waals surface area contributed by atoms with Crippen molar-refractivity contribution in [1.29, 1.82) is 0 Å². The van der Waals surface area contributed by atoms with Crippen LogP contribution in [0.1, 0.15) is 47.9 Å². The molecule has 1 atom stereocenters. The van der Waals surface area contributed by atoms with Crippen LogP contribution < -0.4 is 15.6 Å². The van der Waals surface area contributed by atoms with Crippen LogP contribution in [-0.2, 0) is 18.5 Å². The van der Waals surface area contributed by atoms with Crippen molar-refractivity contribution in [3.8, 4) is 17.0 Å². The third-order valence-corrected chi connectivity index (χ3v) is 6.13. The highest BCUT2D eigenvalue weighted by atomic mass is 16.5. The molecule has 7 nitrogen and oxygen atoms in total. The summed E-state index contributed by atoms with van der Waals surface area (Å²) in [5.74, 6) is 1.04. The van der Waals surface area contributed by atoms with Crippen LogP contribution in [0.3, 0.4) is 0 Å². The molecule has 0 fully saturated rings. The van der Waals surface area contributed by atoms with Gasteiger partial charge in [-0.2, -0.15) is 0 Å². The summed E-state index contributed by atoms with van der Waals surface area (Å²) >= 11 is 0. The minimum Gasteiger partial charge on any atom is -0.492 e. The number of amides is 1. The molecule has 7 heteroatoms. The van der Waals surface area contributed by atoms with E-state index in [-0.39, 0.29) is 11.5 Å². The molecule has 4 heterocycles. The Morgan fingerprint density at radius 3 is 2.87 bits per heavy atom. The molecule has 0 saturated heterocycles. The molecule has 1 amide bonds. The summed E-state index contributed by atoms with van der Waals surface area (Å²) in [7, 11) is 0. The molecule has 2 aliphatic heterocycles. The first kappa shape index (κ1) is 19.5. The molecule has 1 N–H and O–H groups in total. The number of benzene rings is 1. The Kier molecular flexibility index (Phi) is 4.81. The second-order valence-electron chi connectivity index (χ2n) is 8.33. The molecule has 5 rings (SSSR count). The summed E-state index contributed by atoms with van der Waals surface area (Å²) < 4.78 is 7.42. The number of rotatable bonds is 3. The lowest BCUT2D eigenvalue weighted by Gasteiger charge is -2.31. The van der Waals surface area contributed by atoms with Gasteiger partial charge in [0, 0.05) is 37.0 Å². The maximum absolute atomic E-state index is 13.3. The maximum atomic E-state index is 13.3. The molecular weight excluding hydrogens is 392 g/mol.